The minimum Gasteiger partial charge on any atom is -0.391 e. The van der Waals surface area contributed by atoms with E-state index >= 15 is 0 Å². The lowest BCUT2D eigenvalue weighted by atomic mass is 10.1. The van der Waals surface area contributed by atoms with Crippen molar-refractivity contribution in [2.24, 2.45) is 5.92 Å². The Bertz CT molecular complexity index is 217. The molecule has 0 aromatic heterocycles. The molecule has 2 rings (SSSR count). The lowest BCUT2D eigenvalue weighted by Crippen LogP contribution is -2.41. The first-order valence-corrected chi connectivity index (χ1v) is 5.16. The van der Waals surface area contributed by atoms with Crippen molar-refractivity contribution >= 4 is 5.91 Å². The first-order chi connectivity index (χ1) is 6.18. The summed E-state index contributed by atoms with van der Waals surface area (Å²) >= 11 is 0. The number of hydrogen-bond acceptors (Lipinski definition) is 2. The van der Waals surface area contributed by atoms with Gasteiger partial charge in [0, 0.05) is 13.0 Å². The highest BCUT2D eigenvalue weighted by Gasteiger charge is 2.37. The fourth-order valence-corrected chi connectivity index (χ4v) is 2.52. The molecule has 1 heterocycles. The molecule has 1 saturated carbocycles. The van der Waals surface area contributed by atoms with Crippen molar-refractivity contribution in [2.75, 3.05) is 6.54 Å². The Labute approximate surface area is 78.7 Å². The van der Waals surface area contributed by atoms with Gasteiger partial charge in [0.15, 0.2) is 0 Å². The van der Waals surface area contributed by atoms with Gasteiger partial charge in [-0.05, 0) is 25.2 Å². The summed E-state index contributed by atoms with van der Waals surface area (Å²) in [4.78, 5) is 13.4. The molecule has 0 spiro atoms. The summed E-state index contributed by atoms with van der Waals surface area (Å²) < 4.78 is 0. The summed E-state index contributed by atoms with van der Waals surface area (Å²) in [5.74, 6) is 0.707. The Morgan fingerprint density at radius 1 is 1.46 bits per heavy atom. The van der Waals surface area contributed by atoms with E-state index in [0.717, 1.165) is 25.8 Å². The molecule has 1 amide bonds. The Morgan fingerprint density at radius 3 is 2.69 bits per heavy atom. The lowest BCUT2D eigenvalue weighted by molar-refractivity contribution is -0.131. The molecule has 0 aromatic carbocycles. The van der Waals surface area contributed by atoms with E-state index in [1.165, 1.54) is 0 Å². The molecule has 74 valence electrons. The van der Waals surface area contributed by atoms with Crippen LogP contribution in [0, 0.1) is 5.92 Å². The van der Waals surface area contributed by atoms with Gasteiger partial charge in [0.2, 0.25) is 5.91 Å². The highest BCUT2D eigenvalue weighted by molar-refractivity contribution is 5.79. The van der Waals surface area contributed by atoms with E-state index in [-0.39, 0.29) is 18.1 Å². The molecule has 2 aliphatic rings. The van der Waals surface area contributed by atoms with Gasteiger partial charge in [-0.15, -0.1) is 0 Å². The van der Waals surface area contributed by atoms with Gasteiger partial charge in [-0.2, -0.15) is 0 Å². The Kier molecular flexibility index (Phi) is 2.28. The summed E-state index contributed by atoms with van der Waals surface area (Å²) in [5.41, 5.74) is 0. The van der Waals surface area contributed by atoms with Crippen LogP contribution in [0.15, 0.2) is 0 Å². The molecule has 0 bridgehead atoms. The van der Waals surface area contributed by atoms with Crippen molar-refractivity contribution in [3.05, 3.63) is 0 Å². The first kappa shape index (κ1) is 9.00. The highest BCUT2D eigenvalue weighted by Crippen LogP contribution is 2.29. The molecule has 0 aromatic rings. The number of likely N-dealkylation sites (tertiary alicyclic amines) is 1. The van der Waals surface area contributed by atoms with E-state index < -0.39 is 0 Å². The van der Waals surface area contributed by atoms with Gasteiger partial charge in [0.05, 0.1) is 12.1 Å². The summed E-state index contributed by atoms with van der Waals surface area (Å²) in [6.07, 6.45) is 3.31. The maximum absolute atomic E-state index is 11.5. The number of aliphatic hydroxyl groups excluding tert-OH is 1. The van der Waals surface area contributed by atoms with Crippen molar-refractivity contribution in [1.29, 1.82) is 0 Å². The van der Waals surface area contributed by atoms with Crippen LogP contribution in [0.5, 0.6) is 0 Å². The smallest absolute Gasteiger partial charge is 0.223 e. The molecule has 1 N–H and O–H groups in total. The quantitative estimate of drug-likeness (QED) is 0.652. The van der Waals surface area contributed by atoms with E-state index in [2.05, 4.69) is 6.92 Å². The SMILES string of the molecule is CC1CC(=O)N([C@H]2CCC[C@@H]2O)C1. The van der Waals surface area contributed by atoms with Crippen LogP contribution in [0.2, 0.25) is 0 Å². The zero-order valence-corrected chi connectivity index (χ0v) is 8.07. The zero-order valence-electron chi connectivity index (χ0n) is 8.07. The van der Waals surface area contributed by atoms with Crippen LogP contribution in [0.3, 0.4) is 0 Å². The molecule has 1 aliphatic heterocycles. The van der Waals surface area contributed by atoms with Crippen molar-refractivity contribution < 1.29 is 9.90 Å². The van der Waals surface area contributed by atoms with Crippen LogP contribution in [0.1, 0.15) is 32.6 Å². The number of carbonyl (C=O) groups is 1. The second-order valence-electron chi connectivity index (χ2n) is 4.42. The molecule has 13 heavy (non-hydrogen) atoms. The van der Waals surface area contributed by atoms with Crippen LogP contribution in [0.25, 0.3) is 0 Å². The normalized spacial score (nSPS) is 40.3. The average Bonchev–Trinajstić information content (AvgIpc) is 2.58. The maximum Gasteiger partial charge on any atom is 0.223 e. The van der Waals surface area contributed by atoms with E-state index in [4.69, 9.17) is 0 Å². The monoisotopic (exact) mass is 183 g/mol. The van der Waals surface area contributed by atoms with E-state index in [1.807, 2.05) is 4.90 Å². The molecule has 3 nitrogen and oxygen atoms in total. The van der Waals surface area contributed by atoms with Crippen LogP contribution < -0.4 is 0 Å². The molecule has 2 fully saturated rings. The maximum atomic E-state index is 11.5. The van der Waals surface area contributed by atoms with Crippen molar-refractivity contribution in [2.45, 2.75) is 44.8 Å². The van der Waals surface area contributed by atoms with Gasteiger partial charge in [0.1, 0.15) is 0 Å². The number of carbonyl (C=O) groups excluding carboxylic acids is 1. The zero-order chi connectivity index (χ0) is 9.42. The number of aliphatic hydroxyl groups is 1. The highest BCUT2D eigenvalue weighted by atomic mass is 16.3. The van der Waals surface area contributed by atoms with Gasteiger partial charge in [-0.3, -0.25) is 4.79 Å². The van der Waals surface area contributed by atoms with Crippen molar-refractivity contribution in [3.8, 4) is 0 Å². The molecule has 1 saturated heterocycles. The van der Waals surface area contributed by atoms with Crippen LogP contribution in [-0.2, 0) is 4.79 Å². The van der Waals surface area contributed by atoms with Gasteiger partial charge < -0.3 is 10.0 Å². The van der Waals surface area contributed by atoms with E-state index in [0.29, 0.717) is 12.3 Å². The van der Waals surface area contributed by atoms with Crippen molar-refractivity contribution in [1.82, 2.24) is 4.90 Å². The number of nitrogens with zero attached hydrogens (tertiary/aromatic N) is 1. The third-order valence-corrected chi connectivity index (χ3v) is 3.20. The number of hydrogen-bond donors (Lipinski definition) is 1. The van der Waals surface area contributed by atoms with E-state index in [9.17, 15) is 9.90 Å². The average molecular weight is 183 g/mol. The molecule has 3 heteroatoms. The lowest BCUT2D eigenvalue weighted by Gasteiger charge is -2.26. The van der Waals surface area contributed by atoms with Gasteiger partial charge in [-0.25, -0.2) is 0 Å². The third kappa shape index (κ3) is 1.57. The first-order valence-electron chi connectivity index (χ1n) is 5.16. The standard InChI is InChI=1S/C10H17NO2/c1-7-5-10(13)11(6-7)8-3-2-4-9(8)12/h7-9,12H,2-6H2,1H3/t7?,8-,9-/m0/s1. The van der Waals surface area contributed by atoms with Gasteiger partial charge in [0.25, 0.3) is 0 Å². The fourth-order valence-electron chi connectivity index (χ4n) is 2.52. The second kappa shape index (κ2) is 3.29. The number of rotatable bonds is 1. The molecule has 1 aliphatic carbocycles. The molecular weight excluding hydrogens is 166 g/mol. The largest absolute Gasteiger partial charge is 0.391 e. The van der Waals surface area contributed by atoms with Gasteiger partial charge >= 0.3 is 0 Å². The Balaban J connectivity index is 2.04. The Morgan fingerprint density at radius 2 is 2.23 bits per heavy atom. The minimum atomic E-state index is -0.269. The summed E-state index contributed by atoms with van der Waals surface area (Å²) in [5, 5.41) is 9.66. The van der Waals surface area contributed by atoms with Crippen LogP contribution in [-0.4, -0.2) is 34.6 Å². The van der Waals surface area contributed by atoms with Crippen LogP contribution >= 0.6 is 0 Å². The molecule has 3 atom stereocenters. The summed E-state index contributed by atoms with van der Waals surface area (Å²) in [6.45, 7) is 2.94. The fraction of sp³-hybridized carbons (Fsp3) is 0.900. The van der Waals surface area contributed by atoms with E-state index in [1.54, 1.807) is 0 Å². The predicted octanol–water partition coefficient (Wildman–Crippen LogP) is 0.768. The second-order valence-corrected chi connectivity index (χ2v) is 4.42. The molecule has 1 unspecified atom stereocenters. The van der Waals surface area contributed by atoms with Gasteiger partial charge in [-0.1, -0.05) is 6.92 Å². The Hall–Kier alpha value is -0.570. The summed E-state index contributed by atoms with van der Waals surface area (Å²) in [6, 6.07) is 0.123. The number of amides is 1. The topological polar surface area (TPSA) is 40.5 Å². The van der Waals surface area contributed by atoms with Crippen molar-refractivity contribution in [3.63, 3.8) is 0 Å². The minimum absolute atomic E-state index is 0.123. The van der Waals surface area contributed by atoms with Crippen LogP contribution in [0.4, 0.5) is 0 Å². The molecular formula is C10H17NO2. The molecule has 0 radical (unpaired) electrons. The predicted molar refractivity (Wildman–Crippen MR) is 49.1 cm³/mol. The third-order valence-electron chi connectivity index (χ3n) is 3.20. The summed E-state index contributed by atoms with van der Waals surface area (Å²) in [7, 11) is 0.